The van der Waals surface area contributed by atoms with Crippen molar-refractivity contribution in [2.45, 2.75) is 32.9 Å². The number of carboxylic acid groups (broad SMARTS) is 1. The molecule has 1 amide bonds. The maximum Gasteiger partial charge on any atom is 0.326 e. The standard InChI is InChI=1S/C18H23N3O4/c1-4-12(2)16(18(23)24)20-17(22)14-9-19-21(11-14)10-13-5-7-15(25-3)8-6-13/h5-9,11-12,16H,4,10H2,1-3H3,(H,20,22)(H,23,24)/t12-,16-/m0/s1. The van der Waals surface area contributed by atoms with Gasteiger partial charge in [-0.3, -0.25) is 9.48 Å². The van der Waals surface area contributed by atoms with Crippen molar-refractivity contribution in [1.82, 2.24) is 15.1 Å². The first-order chi connectivity index (χ1) is 11.9. The van der Waals surface area contributed by atoms with E-state index in [1.807, 2.05) is 31.2 Å². The first-order valence-electron chi connectivity index (χ1n) is 8.13. The van der Waals surface area contributed by atoms with Crippen molar-refractivity contribution >= 4 is 11.9 Å². The zero-order valence-electron chi connectivity index (χ0n) is 14.6. The zero-order chi connectivity index (χ0) is 18.4. The Hall–Kier alpha value is -2.83. The monoisotopic (exact) mass is 345 g/mol. The fourth-order valence-electron chi connectivity index (χ4n) is 2.39. The summed E-state index contributed by atoms with van der Waals surface area (Å²) in [5.41, 5.74) is 1.35. The number of hydrogen-bond acceptors (Lipinski definition) is 4. The van der Waals surface area contributed by atoms with Gasteiger partial charge in [0.1, 0.15) is 11.8 Å². The highest BCUT2D eigenvalue weighted by Crippen LogP contribution is 2.13. The van der Waals surface area contributed by atoms with E-state index in [0.717, 1.165) is 11.3 Å². The molecule has 0 unspecified atom stereocenters. The Bertz CT molecular complexity index is 724. The van der Waals surface area contributed by atoms with Crippen LogP contribution < -0.4 is 10.1 Å². The lowest BCUT2D eigenvalue weighted by Crippen LogP contribution is -2.44. The summed E-state index contributed by atoms with van der Waals surface area (Å²) >= 11 is 0. The Morgan fingerprint density at radius 1 is 1.32 bits per heavy atom. The molecule has 134 valence electrons. The summed E-state index contributed by atoms with van der Waals surface area (Å²) in [6, 6.07) is 6.64. The third kappa shape index (κ3) is 4.82. The molecule has 0 aliphatic heterocycles. The lowest BCUT2D eigenvalue weighted by atomic mass is 9.99. The molecule has 0 aliphatic carbocycles. The summed E-state index contributed by atoms with van der Waals surface area (Å²) in [5.74, 6) is -0.855. The zero-order valence-corrected chi connectivity index (χ0v) is 14.6. The first kappa shape index (κ1) is 18.5. The molecule has 0 aliphatic rings. The number of aromatic nitrogens is 2. The second kappa shape index (κ2) is 8.32. The van der Waals surface area contributed by atoms with Gasteiger partial charge in [-0.1, -0.05) is 32.4 Å². The molecule has 0 bridgehead atoms. The Labute approximate surface area is 146 Å². The van der Waals surface area contributed by atoms with E-state index in [1.54, 1.807) is 24.9 Å². The lowest BCUT2D eigenvalue weighted by Gasteiger charge is -2.19. The predicted molar refractivity (Wildman–Crippen MR) is 92.7 cm³/mol. The average Bonchev–Trinajstić information content (AvgIpc) is 3.07. The van der Waals surface area contributed by atoms with Gasteiger partial charge in [0, 0.05) is 6.20 Å². The van der Waals surface area contributed by atoms with Gasteiger partial charge in [-0.15, -0.1) is 0 Å². The minimum atomic E-state index is -1.03. The fourth-order valence-corrected chi connectivity index (χ4v) is 2.39. The number of carboxylic acids is 1. The number of amides is 1. The molecule has 2 atom stereocenters. The van der Waals surface area contributed by atoms with Crippen molar-refractivity contribution in [3.8, 4) is 5.75 Å². The van der Waals surface area contributed by atoms with Crippen LogP contribution in [0.25, 0.3) is 0 Å². The van der Waals surface area contributed by atoms with Gasteiger partial charge in [0.2, 0.25) is 0 Å². The van der Waals surface area contributed by atoms with Crippen LogP contribution >= 0.6 is 0 Å². The molecular formula is C18H23N3O4. The summed E-state index contributed by atoms with van der Waals surface area (Å²) in [6.07, 6.45) is 3.71. The van der Waals surface area contributed by atoms with E-state index in [9.17, 15) is 14.7 Å². The fraction of sp³-hybridized carbons (Fsp3) is 0.389. The van der Waals surface area contributed by atoms with Gasteiger partial charge >= 0.3 is 5.97 Å². The third-order valence-corrected chi connectivity index (χ3v) is 4.16. The number of nitrogens with one attached hydrogen (secondary N) is 1. The third-order valence-electron chi connectivity index (χ3n) is 4.16. The SMILES string of the molecule is CC[C@H](C)[C@H](NC(=O)c1cnn(Cc2ccc(OC)cc2)c1)C(=O)O. The molecule has 0 saturated carbocycles. The van der Waals surface area contributed by atoms with Crippen LogP contribution in [0.15, 0.2) is 36.7 Å². The number of benzene rings is 1. The van der Waals surface area contributed by atoms with E-state index in [1.165, 1.54) is 6.20 Å². The number of nitrogens with zero attached hydrogens (tertiary/aromatic N) is 2. The van der Waals surface area contributed by atoms with Crippen molar-refractivity contribution in [3.05, 3.63) is 47.8 Å². The number of rotatable bonds is 8. The topological polar surface area (TPSA) is 93.5 Å². The predicted octanol–water partition coefficient (Wildman–Crippen LogP) is 2.17. The highest BCUT2D eigenvalue weighted by atomic mass is 16.5. The van der Waals surface area contributed by atoms with Gasteiger partial charge in [-0.2, -0.15) is 5.10 Å². The lowest BCUT2D eigenvalue weighted by molar-refractivity contribution is -0.140. The number of carbonyl (C=O) groups is 2. The van der Waals surface area contributed by atoms with Gasteiger partial charge in [0.05, 0.1) is 25.4 Å². The van der Waals surface area contributed by atoms with Gasteiger partial charge in [-0.05, 0) is 23.6 Å². The van der Waals surface area contributed by atoms with Gasteiger partial charge < -0.3 is 15.2 Å². The summed E-state index contributed by atoms with van der Waals surface area (Å²) in [6.45, 7) is 4.19. The maximum atomic E-state index is 12.3. The van der Waals surface area contributed by atoms with Gasteiger partial charge in [0.25, 0.3) is 5.91 Å². The molecule has 7 heteroatoms. The Morgan fingerprint density at radius 2 is 2.00 bits per heavy atom. The molecule has 2 aromatic rings. The van der Waals surface area contributed by atoms with E-state index >= 15 is 0 Å². The van der Waals surface area contributed by atoms with Crippen LogP contribution in [0.3, 0.4) is 0 Å². The number of ether oxygens (including phenoxy) is 1. The smallest absolute Gasteiger partial charge is 0.326 e. The van der Waals surface area contributed by atoms with E-state index < -0.39 is 17.9 Å². The highest BCUT2D eigenvalue weighted by Gasteiger charge is 2.26. The summed E-state index contributed by atoms with van der Waals surface area (Å²) in [5, 5.41) is 16.0. The number of hydrogen-bond donors (Lipinski definition) is 2. The minimum Gasteiger partial charge on any atom is -0.497 e. The minimum absolute atomic E-state index is 0.157. The largest absolute Gasteiger partial charge is 0.497 e. The second-order valence-corrected chi connectivity index (χ2v) is 5.95. The summed E-state index contributed by atoms with van der Waals surface area (Å²) in [7, 11) is 1.61. The molecule has 25 heavy (non-hydrogen) atoms. The van der Waals surface area contributed by atoms with Crippen molar-refractivity contribution in [3.63, 3.8) is 0 Å². The van der Waals surface area contributed by atoms with Gasteiger partial charge in [0.15, 0.2) is 0 Å². The Balaban J connectivity index is 2.03. The maximum absolute atomic E-state index is 12.3. The molecule has 0 saturated heterocycles. The van der Waals surface area contributed by atoms with Crippen LogP contribution in [0.5, 0.6) is 5.75 Å². The molecule has 1 aromatic heterocycles. The molecule has 0 spiro atoms. The van der Waals surface area contributed by atoms with Crippen LogP contribution in [0, 0.1) is 5.92 Å². The number of methoxy groups -OCH3 is 1. The Morgan fingerprint density at radius 3 is 2.56 bits per heavy atom. The Kier molecular flexibility index (Phi) is 6.16. The van der Waals surface area contributed by atoms with Crippen LogP contribution in [0.4, 0.5) is 0 Å². The van der Waals surface area contributed by atoms with Crippen LogP contribution in [-0.4, -0.2) is 39.9 Å². The molecular weight excluding hydrogens is 322 g/mol. The van der Waals surface area contributed by atoms with Crippen LogP contribution in [0.1, 0.15) is 36.2 Å². The van der Waals surface area contributed by atoms with E-state index in [0.29, 0.717) is 18.5 Å². The van der Waals surface area contributed by atoms with E-state index in [2.05, 4.69) is 10.4 Å². The molecule has 7 nitrogen and oxygen atoms in total. The molecule has 2 rings (SSSR count). The van der Waals surface area contributed by atoms with E-state index in [-0.39, 0.29) is 5.92 Å². The van der Waals surface area contributed by atoms with Crippen molar-refractivity contribution in [2.75, 3.05) is 7.11 Å². The second-order valence-electron chi connectivity index (χ2n) is 5.95. The van der Waals surface area contributed by atoms with Gasteiger partial charge in [-0.25, -0.2) is 4.79 Å². The molecule has 0 radical (unpaired) electrons. The average molecular weight is 345 g/mol. The highest BCUT2D eigenvalue weighted by molar-refractivity contribution is 5.96. The number of carbonyl (C=O) groups excluding carboxylic acids is 1. The molecule has 1 heterocycles. The molecule has 2 N–H and O–H groups in total. The normalized spacial score (nSPS) is 13.1. The van der Waals surface area contributed by atoms with Crippen LogP contribution in [-0.2, 0) is 11.3 Å². The first-order valence-corrected chi connectivity index (χ1v) is 8.13. The van der Waals surface area contributed by atoms with Crippen molar-refractivity contribution in [2.24, 2.45) is 5.92 Å². The molecule has 0 fully saturated rings. The van der Waals surface area contributed by atoms with E-state index in [4.69, 9.17) is 4.74 Å². The number of aliphatic carboxylic acids is 1. The summed E-state index contributed by atoms with van der Waals surface area (Å²) < 4.78 is 6.75. The molecule has 1 aromatic carbocycles. The quantitative estimate of drug-likeness (QED) is 0.765. The summed E-state index contributed by atoms with van der Waals surface area (Å²) in [4.78, 5) is 23.6. The van der Waals surface area contributed by atoms with Crippen molar-refractivity contribution in [1.29, 1.82) is 0 Å². The van der Waals surface area contributed by atoms with Crippen molar-refractivity contribution < 1.29 is 19.4 Å². The van der Waals surface area contributed by atoms with Crippen LogP contribution in [0.2, 0.25) is 0 Å².